The summed E-state index contributed by atoms with van der Waals surface area (Å²) in [6, 6.07) is 6.24. The molecule has 2 rings (SSSR count). The molecule has 1 aromatic carbocycles. The quantitative estimate of drug-likeness (QED) is 0.757. The molecule has 0 unspecified atom stereocenters. The molecule has 0 aliphatic carbocycles. The van der Waals surface area contributed by atoms with Gasteiger partial charge in [0.15, 0.2) is 0 Å². The lowest BCUT2D eigenvalue weighted by Gasteiger charge is -2.08. The number of benzene rings is 1. The second kappa shape index (κ2) is 7.78. The van der Waals surface area contributed by atoms with Crippen molar-refractivity contribution in [2.75, 3.05) is 13.2 Å². The van der Waals surface area contributed by atoms with Crippen LogP contribution in [0, 0.1) is 13.8 Å². The third-order valence-corrected chi connectivity index (χ3v) is 3.17. The van der Waals surface area contributed by atoms with Crippen molar-refractivity contribution in [1.29, 1.82) is 0 Å². The van der Waals surface area contributed by atoms with Crippen LogP contribution in [0.25, 0.3) is 0 Å². The average Bonchev–Trinajstić information content (AvgIpc) is 2.88. The minimum absolute atomic E-state index is 0.191. The largest absolute Gasteiger partial charge is 0.494 e. The van der Waals surface area contributed by atoms with Gasteiger partial charge in [0.05, 0.1) is 12.3 Å². The van der Waals surface area contributed by atoms with Crippen molar-refractivity contribution in [1.82, 2.24) is 15.0 Å². The molecule has 0 aliphatic heterocycles. The molecule has 0 radical (unpaired) electrons. The Balaban J connectivity index is 1.73. The Morgan fingerprint density at radius 1 is 1.14 bits per heavy atom. The van der Waals surface area contributed by atoms with Gasteiger partial charge in [-0.05, 0) is 49.9 Å². The molecule has 5 heteroatoms. The molecule has 0 saturated carbocycles. The topological polar surface area (TPSA) is 60.2 Å². The van der Waals surface area contributed by atoms with Crippen LogP contribution in [-0.2, 0) is 13.0 Å². The maximum atomic E-state index is 8.78. The molecule has 1 aromatic heterocycles. The Kier molecular flexibility index (Phi) is 5.75. The highest BCUT2D eigenvalue weighted by atomic mass is 16.5. The van der Waals surface area contributed by atoms with Crippen LogP contribution in [0.4, 0.5) is 0 Å². The highest BCUT2D eigenvalue weighted by Gasteiger charge is 2.01. The highest BCUT2D eigenvalue weighted by Crippen LogP contribution is 2.16. The zero-order chi connectivity index (χ0) is 15.1. The number of aryl methyl sites for hydroxylation is 4. The summed E-state index contributed by atoms with van der Waals surface area (Å²) in [4.78, 5) is 0. The van der Waals surface area contributed by atoms with Crippen molar-refractivity contribution >= 4 is 0 Å². The molecule has 1 heterocycles. The van der Waals surface area contributed by atoms with Crippen LogP contribution in [0.1, 0.15) is 29.7 Å². The van der Waals surface area contributed by atoms with Gasteiger partial charge in [-0.3, -0.25) is 4.68 Å². The zero-order valence-electron chi connectivity index (χ0n) is 12.7. The van der Waals surface area contributed by atoms with E-state index < -0.39 is 0 Å². The molecule has 0 amide bonds. The number of ether oxygens (including phenoxy) is 1. The lowest BCUT2D eigenvalue weighted by Crippen LogP contribution is -2.05. The van der Waals surface area contributed by atoms with Crippen LogP contribution in [0.3, 0.4) is 0 Å². The molecule has 0 spiro atoms. The fourth-order valence-electron chi connectivity index (χ4n) is 2.26. The molecule has 0 fully saturated rings. The Morgan fingerprint density at radius 3 is 2.62 bits per heavy atom. The second-order valence-corrected chi connectivity index (χ2v) is 5.33. The SMILES string of the molecule is Cc1cc(C)cc(OCCCn2cc(CCCO)nn2)c1. The molecule has 21 heavy (non-hydrogen) atoms. The van der Waals surface area contributed by atoms with Crippen molar-refractivity contribution in [2.45, 2.75) is 39.7 Å². The Labute approximate surface area is 125 Å². The minimum atomic E-state index is 0.191. The summed E-state index contributed by atoms with van der Waals surface area (Å²) in [5.74, 6) is 0.926. The van der Waals surface area contributed by atoms with E-state index in [1.807, 2.05) is 10.9 Å². The molecular formula is C16H23N3O2. The monoisotopic (exact) mass is 289 g/mol. The predicted octanol–water partition coefficient (Wildman–Crippen LogP) is 2.29. The van der Waals surface area contributed by atoms with Crippen LogP contribution < -0.4 is 4.74 Å². The summed E-state index contributed by atoms with van der Waals surface area (Å²) in [6.45, 7) is 5.79. The predicted molar refractivity (Wildman–Crippen MR) is 81.5 cm³/mol. The highest BCUT2D eigenvalue weighted by molar-refractivity contribution is 5.32. The number of hydrogen-bond donors (Lipinski definition) is 1. The van der Waals surface area contributed by atoms with Crippen LogP contribution >= 0.6 is 0 Å². The molecular weight excluding hydrogens is 266 g/mol. The van der Waals surface area contributed by atoms with Crippen molar-refractivity contribution < 1.29 is 9.84 Å². The molecule has 0 bridgehead atoms. The first-order valence-electron chi connectivity index (χ1n) is 7.38. The molecule has 114 valence electrons. The third kappa shape index (κ3) is 5.19. The van der Waals surface area contributed by atoms with Gasteiger partial charge in [-0.1, -0.05) is 11.3 Å². The summed E-state index contributed by atoms with van der Waals surface area (Å²) in [6.07, 6.45) is 4.33. The fourth-order valence-corrected chi connectivity index (χ4v) is 2.26. The van der Waals surface area contributed by atoms with E-state index in [2.05, 4.69) is 42.4 Å². The molecule has 5 nitrogen and oxygen atoms in total. The first-order valence-corrected chi connectivity index (χ1v) is 7.38. The second-order valence-electron chi connectivity index (χ2n) is 5.33. The van der Waals surface area contributed by atoms with E-state index in [-0.39, 0.29) is 6.61 Å². The third-order valence-electron chi connectivity index (χ3n) is 3.17. The first-order chi connectivity index (χ1) is 10.2. The van der Waals surface area contributed by atoms with Gasteiger partial charge in [-0.15, -0.1) is 5.10 Å². The Morgan fingerprint density at radius 2 is 1.90 bits per heavy atom. The van der Waals surface area contributed by atoms with Gasteiger partial charge in [0.2, 0.25) is 0 Å². The molecule has 2 aromatic rings. The number of aliphatic hydroxyl groups excluding tert-OH is 1. The summed E-state index contributed by atoms with van der Waals surface area (Å²) in [5, 5.41) is 16.9. The number of aliphatic hydroxyl groups is 1. The van der Waals surface area contributed by atoms with E-state index in [9.17, 15) is 0 Å². The zero-order valence-corrected chi connectivity index (χ0v) is 12.7. The summed E-state index contributed by atoms with van der Waals surface area (Å²) >= 11 is 0. The minimum Gasteiger partial charge on any atom is -0.494 e. The van der Waals surface area contributed by atoms with E-state index in [0.29, 0.717) is 6.61 Å². The lowest BCUT2D eigenvalue weighted by atomic mass is 10.1. The van der Waals surface area contributed by atoms with E-state index in [0.717, 1.165) is 37.3 Å². The smallest absolute Gasteiger partial charge is 0.119 e. The van der Waals surface area contributed by atoms with Crippen LogP contribution in [0.15, 0.2) is 24.4 Å². The number of aromatic nitrogens is 3. The number of rotatable bonds is 8. The maximum Gasteiger partial charge on any atom is 0.119 e. The Hall–Kier alpha value is -1.88. The maximum absolute atomic E-state index is 8.78. The molecule has 1 N–H and O–H groups in total. The molecule has 0 saturated heterocycles. The van der Waals surface area contributed by atoms with Crippen molar-refractivity contribution in [3.05, 3.63) is 41.2 Å². The Bertz CT molecular complexity index is 546. The van der Waals surface area contributed by atoms with Gasteiger partial charge in [0, 0.05) is 25.8 Å². The lowest BCUT2D eigenvalue weighted by molar-refractivity contribution is 0.288. The van der Waals surface area contributed by atoms with Gasteiger partial charge in [-0.2, -0.15) is 0 Å². The van der Waals surface area contributed by atoms with Crippen LogP contribution in [-0.4, -0.2) is 33.3 Å². The van der Waals surface area contributed by atoms with Gasteiger partial charge in [0.1, 0.15) is 5.75 Å². The van der Waals surface area contributed by atoms with Gasteiger partial charge < -0.3 is 9.84 Å². The fraction of sp³-hybridized carbons (Fsp3) is 0.500. The number of nitrogens with zero attached hydrogens (tertiary/aromatic N) is 3. The van der Waals surface area contributed by atoms with Crippen molar-refractivity contribution in [3.8, 4) is 5.75 Å². The molecule has 0 atom stereocenters. The van der Waals surface area contributed by atoms with E-state index >= 15 is 0 Å². The summed E-state index contributed by atoms with van der Waals surface area (Å²) in [7, 11) is 0. The van der Waals surface area contributed by atoms with E-state index in [1.54, 1.807) is 0 Å². The van der Waals surface area contributed by atoms with Crippen LogP contribution in [0.2, 0.25) is 0 Å². The van der Waals surface area contributed by atoms with E-state index in [4.69, 9.17) is 9.84 Å². The van der Waals surface area contributed by atoms with Gasteiger partial charge in [0.25, 0.3) is 0 Å². The van der Waals surface area contributed by atoms with Gasteiger partial charge in [-0.25, -0.2) is 0 Å². The average molecular weight is 289 g/mol. The van der Waals surface area contributed by atoms with E-state index in [1.165, 1.54) is 11.1 Å². The summed E-state index contributed by atoms with van der Waals surface area (Å²) < 4.78 is 7.60. The standard InChI is InChI=1S/C16H23N3O2/c1-13-9-14(2)11-16(10-13)21-8-4-6-19-12-15(17-18-19)5-3-7-20/h9-12,20H,3-8H2,1-2H3. The summed E-state index contributed by atoms with van der Waals surface area (Å²) in [5.41, 5.74) is 3.36. The molecule has 0 aliphatic rings. The van der Waals surface area contributed by atoms with Crippen molar-refractivity contribution in [3.63, 3.8) is 0 Å². The number of hydrogen-bond acceptors (Lipinski definition) is 4. The van der Waals surface area contributed by atoms with Crippen molar-refractivity contribution in [2.24, 2.45) is 0 Å². The van der Waals surface area contributed by atoms with Crippen LogP contribution in [0.5, 0.6) is 5.75 Å². The first kappa shape index (κ1) is 15.5. The van der Waals surface area contributed by atoms with Gasteiger partial charge >= 0.3 is 0 Å². The normalized spacial score (nSPS) is 10.8.